The maximum Gasteiger partial charge on any atom is 0.234 e. The Morgan fingerprint density at radius 1 is 1.19 bits per heavy atom. The van der Waals surface area contributed by atoms with Crippen LogP contribution in [0.25, 0.3) is 0 Å². The molecule has 1 heterocycles. The Morgan fingerprint density at radius 3 is 2.55 bits per heavy atom. The van der Waals surface area contributed by atoms with Crippen LogP contribution < -0.4 is 10.1 Å². The second-order valence-corrected chi connectivity index (χ2v) is 10.2. The van der Waals surface area contributed by atoms with Crippen molar-refractivity contribution >= 4 is 50.9 Å². The number of rotatable bonds is 7. The van der Waals surface area contributed by atoms with E-state index in [-0.39, 0.29) is 17.1 Å². The molecule has 0 aliphatic carbocycles. The third kappa shape index (κ3) is 6.48. The molecule has 0 saturated heterocycles. The van der Waals surface area contributed by atoms with Crippen LogP contribution in [0.2, 0.25) is 5.02 Å². The number of hydrogen-bond acceptors (Lipinski definition) is 5. The topological polar surface area (TPSA) is 69.0 Å². The summed E-state index contributed by atoms with van der Waals surface area (Å²) in [4.78, 5) is 12.3. The molecular weight excluding hydrogens is 500 g/mol. The molecule has 6 nitrogen and oxygen atoms in total. The number of amides is 1. The summed E-state index contributed by atoms with van der Waals surface area (Å²) in [5.41, 5.74) is 1.92. The molecule has 0 fully saturated rings. The summed E-state index contributed by atoms with van der Waals surface area (Å²) in [7, 11) is 1.85. The van der Waals surface area contributed by atoms with E-state index in [2.05, 4.69) is 64.3 Å². The van der Waals surface area contributed by atoms with Crippen LogP contribution in [0.4, 0.5) is 5.69 Å². The lowest BCUT2D eigenvalue weighted by atomic mass is 9.87. The number of carbonyl (C=O) groups excluding carboxylic acids is 1. The number of nitrogens with zero attached hydrogens (tertiary/aromatic N) is 3. The molecule has 9 heteroatoms. The van der Waals surface area contributed by atoms with Crippen molar-refractivity contribution in [1.82, 2.24) is 14.8 Å². The molecule has 1 aromatic heterocycles. The van der Waals surface area contributed by atoms with Gasteiger partial charge in [-0.2, -0.15) is 0 Å². The number of anilines is 1. The molecule has 31 heavy (non-hydrogen) atoms. The van der Waals surface area contributed by atoms with E-state index >= 15 is 0 Å². The largest absolute Gasteiger partial charge is 0.486 e. The number of ether oxygens (including phenoxy) is 1. The van der Waals surface area contributed by atoms with Crippen molar-refractivity contribution in [2.45, 2.75) is 37.9 Å². The van der Waals surface area contributed by atoms with Gasteiger partial charge in [-0.25, -0.2) is 0 Å². The number of halogens is 2. The fourth-order valence-electron chi connectivity index (χ4n) is 2.70. The summed E-state index contributed by atoms with van der Waals surface area (Å²) in [6, 6.07) is 13.4. The Morgan fingerprint density at radius 2 is 1.90 bits per heavy atom. The molecule has 2 aromatic carbocycles. The zero-order chi connectivity index (χ0) is 22.6. The molecule has 3 rings (SSSR count). The number of thioether (sulfide) groups is 1. The molecule has 0 bridgehead atoms. The number of hydrogen-bond donors (Lipinski definition) is 1. The molecule has 1 N–H and O–H groups in total. The molecule has 3 aromatic rings. The van der Waals surface area contributed by atoms with Crippen LogP contribution in [0.1, 0.15) is 32.2 Å². The Kier molecular flexibility index (Phi) is 7.67. The van der Waals surface area contributed by atoms with Gasteiger partial charge >= 0.3 is 0 Å². The highest BCUT2D eigenvalue weighted by Gasteiger charge is 2.15. The van der Waals surface area contributed by atoms with Gasteiger partial charge < -0.3 is 14.6 Å². The van der Waals surface area contributed by atoms with Crippen LogP contribution in [-0.4, -0.2) is 26.4 Å². The van der Waals surface area contributed by atoms with Crippen molar-refractivity contribution in [3.8, 4) is 5.75 Å². The molecular formula is C22H24BrClN4O2S. The third-order valence-electron chi connectivity index (χ3n) is 4.55. The predicted octanol–water partition coefficient (Wildman–Crippen LogP) is 5.84. The minimum absolute atomic E-state index is 0.100. The number of nitrogens with one attached hydrogen (secondary N) is 1. The SMILES string of the molecule is Cn1c(COc2ccc(C(C)(C)C)cc2)nnc1SCC(=O)Nc1ccc(Br)cc1Cl. The van der Waals surface area contributed by atoms with Crippen molar-refractivity contribution in [3.63, 3.8) is 0 Å². The van der Waals surface area contributed by atoms with Gasteiger partial charge in [0, 0.05) is 11.5 Å². The smallest absolute Gasteiger partial charge is 0.234 e. The van der Waals surface area contributed by atoms with E-state index in [1.807, 2.05) is 29.8 Å². The fourth-order valence-corrected chi connectivity index (χ4v) is 4.15. The van der Waals surface area contributed by atoms with E-state index in [1.54, 1.807) is 12.1 Å². The van der Waals surface area contributed by atoms with Crippen LogP contribution in [-0.2, 0) is 23.9 Å². The number of aromatic nitrogens is 3. The van der Waals surface area contributed by atoms with Crippen molar-refractivity contribution in [2.24, 2.45) is 7.05 Å². The van der Waals surface area contributed by atoms with Crippen LogP contribution >= 0.6 is 39.3 Å². The summed E-state index contributed by atoms with van der Waals surface area (Å²) in [5.74, 6) is 1.47. The summed E-state index contributed by atoms with van der Waals surface area (Å²) in [6.07, 6.45) is 0. The molecule has 0 aliphatic heterocycles. The van der Waals surface area contributed by atoms with Gasteiger partial charge in [-0.1, -0.05) is 72.2 Å². The maximum atomic E-state index is 12.3. The Labute approximate surface area is 199 Å². The average molecular weight is 524 g/mol. The van der Waals surface area contributed by atoms with Gasteiger partial charge in [-0.3, -0.25) is 4.79 Å². The summed E-state index contributed by atoms with van der Waals surface area (Å²) >= 11 is 10.8. The second-order valence-electron chi connectivity index (χ2n) is 7.98. The Hall–Kier alpha value is -2.03. The van der Waals surface area contributed by atoms with Gasteiger partial charge in [0.2, 0.25) is 5.91 Å². The number of benzene rings is 2. The first kappa shape index (κ1) is 23.6. The zero-order valence-electron chi connectivity index (χ0n) is 17.8. The second kappa shape index (κ2) is 10.1. The third-order valence-corrected chi connectivity index (χ3v) is 6.38. The highest BCUT2D eigenvalue weighted by Crippen LogP contribution is 2.27. The summed E-state index contributed by atoms with van der Waals surface area (Å²) in [6.45, 7) is 6.82. The molecule has 0 spiro atoms. The van der Waals surface area contributed by atoms with E-state index in [0.29, 0.717) is 28.3 Å². The first-order valence-corrected chi connectivity index (χ1v) is 11.8. The summed E-state index contributed by atoms with van der Waals surface area (Å²) in [5, 5.41) is 12.3. The fraction of sp³-hybridized carbons (Fsp3) is 0.318. The van der Waals surface area contributed by atoms with Gasteiger partial charge in [0.15, 0.2) is 11.0 Å². The van der Waals surface area contributed by atoms with Crippen LogP contribution in [0.5, 0.6) is 5.75 Å². The zero-order valence-corrected chi connectivity index (χ0v) is 20.9. The van der Waals surface area contributed by atoms with Crippen molar-refractivity contribution in [2.75, 3.05) is 11.1 Å². The minimum atomic E-state index is -0.172. The lowest BCUT2D eigenvalue weighted by molar-refractivity contribution is -0.113. The van der Waals surface area contributed by atoms with Gasteiger partial charge in [0.05, 0.1) is 16.5 Å². The van der Waals surface area contributed by atoms with E-state index in [4.69, 9.17) is 16.3 Å². The predicted molar refractivity (Wildman–Crippen MR) is 129 cm³/mol. The molecule has 0 atom stereocenters. The minimum Gasteiger partial charge on any atom is -0.486 e. The van der Waals surface area contributed by atoms with Crippen LogP contribution in [0.3, 0.4) is 0 Å². The van der Waals surface area contributed by atoms with E-state index in [1.165, 1.54) is 17.3 Å². The quantitative estimate of drug-likeness (QED) is 0.394. The standard InChI is InChI=1S/C22H24BrClN4O2S/c1-22(2,3)14-5-8-16(9-6-14)30-12-19-26-27-21(28(19)4)31-13-20(29)25-18-10-7-15(23)11-17(18)24/h5-11H,12-13H2,1-4H3,(H,25,29). The van der Waals surface area contributed by atoms with E-state index in [9.17, 15) is 4.79 Å². The number of carbonyl (C=O) groups is 1. The molecule has 1 amide bonds. The van der Waals surface area contributed by atoms with Crippen molar-refractivity contribution in [1.29, 1.82) is 0 Å². The first-order chi connectivity index (χ1) is 14.6. The van der Waals surface area contributed by atoms with Crippen molar-refractivity contribution < 1.29 is 9.53 Å². The Balaban J connectivity index is 1.53. The van der Waals surface area contributed by atoms with Crippen LogP contribution in [0, 0.1) is 0 Å². The van der Waals surface area contributed by atoms with E-state index < -0.39 is 0 Å². The Bertz CT molecular complexity index is 1060. The van der Waals surface area contributed by atoms with E-state index in [0.717, 1.165) is 10.2 Å². The molecule has 0 saturated carbocycles. The molecule has 164 valence electrons. The molecule has 0 unspecified atom stereocenters. The molecule has 0 radical (unpaired) electrons. The summed E-state index contributed by atoms with van der Waals surface area (Å²) < 4.78 is 8.53. The van der Waals surface area contributed by atoms with Crippen molar-refractivity contribution in [3.05, 3.63) is 63.3 Å². The maximum absolute atomic E-state index is 12.3. The lowest BCUT2D eigenvalue weighted by Gasteiger charge is -2.19. The van der Waals surface area contributed by atoms with Crippen LogP contribution in [0.15, 0.2) is 52.1 Å². The van der Waals surface area contributed by atoms with Gasteiger partial charge in [0.25, 0.3) is 0 Å². The highest BCUT2D eigenvalue weighted by molar-refractivity contribution is 9.10. The van der Waals surface area contributed by atoms with Gasteiger partial charge in [0.1, 0.15) is 12.4 Å². The molecule has 0 aliphatic rings. The lowest BCUT2D eigenvalue weighted by Crippen LogP contribution is -2.15. The highest BCUT2D eigenvalue weighted by atomic mass is 79.9. The average Bonchev–Trinajstić information content (AvgIpc) is 3.06. The monoisotopic (exact) mass is 522 g/mol. The first-order valence-electron chi connectivity index (χ1n) is 9.63. The van der Waals surface area contributed by atoms with Gasteiger partial charge in [-0.15, -0.1) is 10.2 Å². The normalized spacial score (nSPS) is 11.4. The van der Waals surface area contributed by atoms with Gasteiger partial charge in [-0.05, 0) is 41.3 Å².